The number of piperidine rings is 1. The van der Waals surface area contributed by atoms with Crippen molar-refractivity contribution < 1.29 is 9.53 Å². The number of piperazine rings is 1. The van der Waals surface area contributed by atoms with Crippen molar-refractivity contribution >= 4 is 35.9 Å². The summed E-state index contributed by atoms with van der Waals surface area (Å²) in [4.78, 5) is 24.1. The fraction of sp³-hybridized carbons (Fsp3) is 0.900. The first kappa shape index (κ1) is 25.4. The third-order valence-electron chi connectivity index (χ3n) is 5.47. The molecule has 1 N–H and O–H groups in total. The molecule has 0 saturated carbocycles. The minimum absolute atomic E-state index is 0. The molecule has 2 fully saturated rings. The van der Waals surface area contributed by atoms with Crippen LogP contribution < -0.4 is 5.32 Å². The summed E-state index contributed by atoms with van der Waals surface area (Å²) >= 11 is 0. The Balaban J connectivity index is 0.00000392. The Morgan fingerprint density at radius 3 is 2.36 bits per heavy atom. The fourth-order valence-electron chi connectivity index (χ4n) is 3.78. The Bertz CT molecular complexity index is 475. The van der Waals surface area contributed by atoms with Gasteiger partial charge in [0.05, 0.1) is 12.5 Å². The molecule has 1 atom stereocenters. The molecular formula is C20H40IN5O2. The lowest BCUT2D eigenvalue weighted by Gasteiger charge is -2.34. The minimum Gasteiger partial charge on any atom is -0.466 e. The number of rotatable bonds is 7. The number of nitrogens with one attached hydrogen (secondary N) is 1. The average molecular weight is 509 g/mol. The van der Waals surface area contributed by atoms with Gasteiger partial charge in [0.15, 0.2) is 5.96 Å². The Morgan fingerprint density at radius 1 is 1.14 bits per heavy atom. The van der Waals surface area contributed by atoms with Crippen LogP contribution >= 0.6 is 24.0 Å². The highest BCUT2D eigenvalue weighted by molar-refractivity contribution is 14.0. The lowest BCUT2D eigenvalue weighted by atomic mass is 9.97. The van der Waals surface area contributed by atoms with Crippen molar-refractivity contribution in [1.82, 2.24) is 20.0 Å². The number of guanidine groups is 1. The Kier molecular flexibility index (Phi) is 12.3. The largest absolute Gasteiger partial charge is 0.466 e. The maximum atomic E-state index is 11.9. The first-order valence-electron chi connectivity index (χ1n) is 10.6. The molecule has 0 aromatic rings. The average Bonchev–Trinajstić information content (AvgIpc) is 2.67. The number of hydrogen-bond donors (Lipinski definition) is 1. The van der Waals surface area contributed by atoms with Gasteiger partial charge in [-0.2, -0.15) is 0 Å². The highest BCUT2D eigenvalue weighted by Crippen LogP contribution is 2.19. The monoisotopic (exact) mass is 509 g/mol. The molecule has 0 bridgehead atoms. The molecule has 2 rings (SSSR count). The van der Waals surface area contributed by atoms with Crippen LogP contribution in [0.25, 0.3) is 0 Å². The van der Waals surface area contributed by atoms with E-state index >= 15 is 0 Å². The number of aliphatic imine (C=N–C) groups is 1. The van der Waals surface area contributed by atoms with Crippen molar-refractivity contribution in [1.29, 1.82) is 0 Å². The van der Waals surface area contributed by atoms with Crippen molar-refractivity contribution in [3.63, 3.8) is 0 Å². The molecule has 2 saturated heterocycles. The summed E-state index contributed by atoms with van der Waals surface area (Å²) in [6.45, 7) is 15.9. The standard InChI is InChI=1S/C20H39N5O2.HI/c1-5-21-20(25-9-7-18(8-10-25)19(26)27-6-2)22-15-17(3)16-24-13-11-23(4)12-14-24;/h17-18H,5-16H2,1-4H3,(H,21,22);1H. The van der Waals surface area contributed by atoms with Gasteiger partial charge in [0.1, 0.15) is 0 Å². The summed E-state index contributed by atoms with van der Waals surface area (Å²) in [6, 6.07) is 0. The van der Waals surface area contributed by atoms with E-state index < -0.39 is 0 Å². The second kappa shape index (κ2) is 13.6. The molecule has 0 aromatic carbocycles. The van der Waals surface area contributed by atoms with Crippen molar-refractivity contribution in [2.45, 2.75) is 33.6 Å². The molecular weight excluding hydrogens is 469 g/mol. The van der Waals surface area contributed by atoms with Crippen LogP contribution in [0, 0.1) is 11.8 Å². The van der Waals surface area contributed by atoms with E-state index in [1.54, 1.807) is 0 Å². The molecule has 0 aliphatic carbocycles. The van der Waals surface area contributed by atoms with E-state index in [-0.39, 0.29) is 35.9 Å². The van der Waals surface area contributed by atoms with E-state index in [1.807, 2.05) is 6.92 Å². The summed E-state index contributed by atoms with van der Waals surface area (Å²) in [6.07, 6.45) is 1.69. The topological polar surface area (TPSA) is 60.4 Å². The van der Waals surface area contributed by atoms with Gasteiger partial charge in [0.25, 0.3) is 0 Å². The van der Waals surface area contributed by atoms with Crippen LogP contribution in [-0.2, 0) is 9.53 Å². The molecule has 1 unspecified atom stereocenters. The summed E-state index contributed by atoms with van der Waals surface area (Å²) in [5.41, 5.74) is 0. The lowest BCUT2D eigenvalue weighted by Crippen LogP contribution is -2.47. The number of ether oxygens (including phenoxy) is 1. The van der Waals surface area contributed by atoms with Gasteiger partial charge in [-0.3, -0.25) is 9.79 Å². The van der Waals surface area contributed by atoms with Crippen LogP contribution in [0.1, 0.15) is 33.6 Å². The van der Waals surface area contributed by atoms with Crippen LogP contribution in [0.2, 0.25) is 0 Å². The maximum Gasteiger partial charge on any atom is 0.309 e. The predicted octanol–water partition coefficient (Wildman–Crippen LogP) is 1.73. The van der Waals surface area contributed by atoms with Crippen molar-refractivity contribution in [2.75, 3.05) is 72.6 Å². The van der Waals surface area contributed by atoms with E-state index in [2.05, 4.69) is 40.9 Å². The number of carbonyl (C=O) groups excluding carboxylic acids is 1. The second-order valence-electron chi connectivity index (χ2n) is 7.92. The summed E-state index contributed by atoms with van der Waals surface area (Å²) < 4.78 is 5.17. The Labute approximate surface area is 188 Å². The van der Waals surface area contributed by atoms with E-state index in [0.717, 1.165) is 77.7 Å². The zero-order valence-corrected chi connectivity index (χ0v) is 20.5. The molecule has 0 aromatic heterocycles. The molecule has 2 heterocycles. The maximum absolute atomic E-state index is 11.9. The van der Waals surface area contributed by atoms with Gasteiger partial charge in [0, 0.05) is 58.9 Å². The smallest absolute Gasteiger partial charge is 0.309 e. The summed E-state index contributed by atoms with van der Waals surface area (Å²) in [5, 5.41) is 3.43. The molecule has 2 aliphatic heterocycles. The highest BCUT2D eigenvalue weighted by atomic mass is 127. The number of carbonyl (C=O) groups is 1. The second-order valence-corrected chi connectivity index (χ2v) is 7.92. The molecule has 2 aliphatic rings. The van der Waals surface area contributed by atoms with E-state index in [0.29, 0.717) is 12.5 Å². The van der Waals surface area contributed by atoms with E-state index in [1.165, 1.54) is 0 Å². The Hall–Kier alpha value is -0.610. The zero-order valence-electron chi connectivity index (χ0n) is 18.2. The molecule has 0 radical (unpaired) electrons. The number of halogens is 1. The normalized spacial score (nSPS) is 21.1. The number of nitrogens with zero attached hydrogens (tertiary/aromatic N) is 4. The fourth-order valence-corrected chi connectivity index (χ4v) is 3.78. The van der Waals surface area contributed by atoms with Crippen LogP contribution in [0.5, 0.6) is 0 Å². The summed E-state index contributed by atoms with van der Waals surface area (Å²) in [5.74, 6) is 1.53. The molecule has 0 amide bonds. The quantitative estimate of drug-likeness (QED) is 0.244. The molecule has 7 nitrogen and oxygen atoms in total. The van der Waals surface area contributed by atoms with Gasteiger partial charge in [-0.25, -0.2) is 0 Å². The van der Waals surface area contributed by atoms with Gasteiger partial charge in [-0.1, -0.05) is 6.92 Å². The van der Waals surface area contributed by atoms with Gasteiger partial charge in [-0.15, -0.1) is 24.0 Å². The van der Waals surface area contributed by atoms with Crippen LogP contribution in [0.15, 0.2) is 4.99 Å². The molecule has 8 heteroatoms. The number of likely N-dealkylation sites (N-methyl/N-ethyl adjacent to an activating group) is 1. The summed E-state index contributed by atoms with van der Waals surface area (Å²) in [7, 11) is 2.19. The first-order chi connectivity index (χ1) is 13.0. The van der Waals surface area contributed by atoms with Crippen molar-refractivity contribution in [3.8, 4) is 0 Å². The van der Waals surface area contributed by atoms with Crippen molar-refractivity contribution in [2.24, 2.45) is 16.8 Å². The van der Waals surface area contributed by atoms with Crippen molar-refractivity contribution in [3.05, 3.63) is 0 Å². The zero-order chi connectivity index (χ0) is 19.6. The minimum atomic E-state index is -0.0418. The van der Waals surface area contributed by atoms with Crippen LogP contribution in [0.4, 0.5) is 0 Å². The lowest BCUT2D eigenvalue weighted by molar-refractivity contribution is -0.149. The third kappa shape index (κ3) is 8.41. The van der Waals surface area contributed by atoms with Crippen LogP contribution in [0.3, 0.4) is 0 Å². The van der Waals surface area contributed by atoms with Gasteiger partial charge in [0.2, 0.25) is 0 Å². The van der Waals surface area contributed by atoms with Gasteiger partial charge in [-0.05, 0) is 39.7 Å². The highest BCUT2D eigenvalue weighted by Gasteiger charge is 2.27. The van der Waals surface area contributed by atoms with E-state index in [9.17, 15) is 4.79 Å². The predicted molar refractivity (Wildman–Crippen MR) is 125 cm³/mol. The van der Waals surface area contributed by atoms with Gasteiger partial charge < -0.3 is 24.8 Å². The molecule has 28 heavy (non-hydrogen) atoms. The molecule has 164 valence electrons. The number of esters is 1. The third-order valence-corrected chi connectivity index (χ3v) is 5.47. The van der Waals surface area contributed by atoms with E-state index in [4.69, 9.17) is 9.73 Å². The first-order valence-corrected chi connectivity index (χ1v) is 10.6. The SMILES string of the molecule is CCNC(=NCC(C)CN1CCN(C)CC1)N1CCC(C(=O)OCC)CC1.I. The number of likely N-dealkylation sites (tertiary alicyclic amines) is 1. The van der Waals surface area contributed by atoms with Gasteiger partial charge >= 0.3 is 5.97 Å². The molecule has 0 spiro atoms. The number of hydrogen-bond acceptors (Lipinski definition) is 5. The van der Waals surface area contributed by atoms with Crippen LogP contribution in [-0.4, -0.2) is 99.2 Å². The Morgan fingerprint density at radius 2 is 1.79 bits per heavy atom.